The number of nitrogens with zero attached hydrogens (tertiary/aromatic N) is 1. The summed E-state index contributed by atoms with van der Waals surface area (Å²) in [4.78, 5) is 15.6. The fourth-order valence-electron chi connectivity index (χ4n) is 3.89. The van der Waals surface area contributed by atoms with Crippen molar-refractivity contribution < 1.29 is 24.5 Å². The summed E-state index contributed by atoms with van der Waals surface area (Å²) < 4.78 is 14.8. The molecule has 0 radical (unpaired) electrons. The average Bonchev–Trinajstić information content (AvgIpc) is 3.56. The molecule has 160 valence electrons. The van der Waals surface area contributed by atoms with Gasteiger partial charge in [0.15, 0.2) is 0 Å². The predicted molar refractivity (Wildman–Crippen MR) is 117 cm³/mol. The molecule has 1 aliphatic rings. The molecule has 1 aromatic heterocycles. The van der Waals surface area contributed by atoms with Crippen LogP contribution in [-0.2, 0) is 4.79 Å². The second-order valence-electron chi connectivity index (χ2n) is 7.97. The van der Waals surface area contributed by atoms with Crippen LogP contribution in [0.3, 0.4) is 0 Å². The van der Waals surface area contributed by atoms with E-state index in [1.54, 1.807) is 24.3 Å². The van der Waals surface area contributed by atoms with Crippen LogP contribution in [0.15, 0.2) is 54.6 Å². The smallest absolute Gasteiger partial charge is 0.305 e. The summed E-state index contributed by atoms with van der Waals surface area (Å²) >= 11 is 0. The largest absolute Gasteiger partial charge is 0.481 e. The van der Waals surface area contributed by atoms with E-state index in [9.17, 15) is 19.4 Å². The van der Waals surface area contributed by atoms with Gasteiger partial charge >= 0.3 is 5.97 Å². The predicted octanol–water partition coefficient (Wildman–Crippen LogP) is 4.52. The van der Waals surface area contributed by atoms with Crippen molar-refractivity contribution in [3.63, 3.8) is 0 Å². The highest BCUT2D eigenvalue weighted by molar-refractivity contribution is 5.99. The molecule has 2 atom stereocenters. The Hall–Kier alpha value is -3.09. The highest BCUT2D eigenvalue weighted by Gasteiger charge is 2.30. The minimum Gasteiger partial charge on any atom is -0.481 e. The molecule has 6 heteroatoms. The Morgan fingerprint density at radius 1 is 1.13 bits per heavy atom. The molecule has 0 bridgehead atoms. The first-order valence-electron chi connectivity index (χ1n) is 10.4. The highest BCUT2D eigenvalue weighted by Crippen LogP contribution is 2.45. The molecule has 1 saturated carbocycles. The van der Waals surface area contributed by atoms with Gasteiger partial charge in [-0.15, -0.1) is 0 Å². The molecule has 0 spiro atoms. The summed E-state index contributed by atoms with van der Waals surface area (Å²) in [6, 6.07) is 14.2. The number of benzene rings is 2. The Morgan fingerprint density at radius 3 is 2.55 bits per heavy atom. The van der Waals surface area contributed by atoms with E-state index >= 15 is 0 Å². The molecule has 2 aromatic carbocycles. The summed E-state index contributed by atoms with van der Waals surface area (Å²) in [7, 11) is 0. The first-order valence-corrected chi connectivity index (χ1v) is 10.4. The number of hydrogen-bond donors (Lipinski definition) is 3. The van der Waals surface area contributed by atoms with Gasteiger partial charge in [0.1, 0.15) is 5.82 Å². The van der Waals surface area contributed by atoms with Crippen LogP contribution in [0, 0.1) is 5.82 Å². The Labute approximate surface area is 179 Å². The van der Waals surface area contributed by atoms with Gasteiger partial charge in [-0.2, -0.15) is 0 Å². The summed E-state index contributed by atoms with van der Waals surface area (Å²) in [5, 5.41) is 29.8. The highest BCUT2D eigenvalue weighted by atomic mass is 19.1. The van der Waals surface area contributed by atoms with Gasteiger partial charge in [0, 0.05) is 34.4 Å². The summed E-state index contributed by atoms with van der Waals surface area (Å²) in [5.74, 6) is -1.18. The summed E-state index contributed by atoms with van der Waals surface area (Å²) in [6.07, 6.45) is 2.53. The zero-order valence-electron chi connectivity index (χ0n) is 16.9. The number of rotatable bonds is 8. The number of hydrogen-bond acceptors (Lipinski definition) is 4. The van der Waals surface area contributed by atoms with Crippen molar-refractivity contribution in [1.82, 2.24) is 4.98 Å². The number of carbonyl (C=O) groups is 1. The number of para-hydroxylation sites is 1. The van der Waals surface area contributed by atoms with Gasteiger partial charge in [0.2, 0.25) is 0 Å². The lowest BCUT2D eigenvalue weighted by Crippen LogP contribution is -2.19. The van der Waals surface area contributed by atoms with E-state index in [-0.39, 0.29) is 18.2 Å². The van der Waals surface area contributed by atoms with Gasteiger partial charge < -0.3 is 15.3 Å². The zero-order chi connectivity index (χ0) is 22.0. The van der Waals surface area contributed by atoms with Crippen LogP contribution < -0.4 is 0 Å². The lowest BCUT2D eigenvalue weighted by atomic mass is 9.92. The molecule has 0 amide bonds. The van der Waals surface area contributed by atoms with E-state index in [1.807, 2.05) is 24.3 Å². The minimum atomic E-state index is -1.15. The first-order chi connectivity index (χ1) is 14.9. The van der Waals surface area contributed by atoms with Crippen molar-refractivity contribution in [2.24, 2.45) is 0 Å². The molecule has 1 heterocycles. The molecule has 31 heavy (non-hydrogen) atoms. The van der Waals surface area contributed by atoms with Crippen LogP contribution in [0.5, 0.6) is 0 Å². The van der Waals surface area contributed by atoms with Gasteiger partial charge in [-0.05, 0) is 25.0 Å². The van der Waals surface area contributed by atoms with Crippen molar-refractivity contribution in [1.29, 1.82) is 0 Å². The molecule has 4 rings (SSSR count). The lowest BCUT2D eigenvalue weighted by molar-refractivity contribution is -0.139. The standard InChI is InChI=1S/C25H24FNO4/c26-21-7-3-1-5-18(21)24-19-6-2-4-8-22(19)27-25(15-9-10-15)20(24)12-11-16(28)13-17(29)14-23(30)31/h1-8,11-12,15-17,28-29H,9-10,13-14H2,(H,30,31)/b12-11+/t16-,17-/m1/s1. The number of carboxylic acid groups (broad SMARTS) is 1. The van der Waals surface area contributed by atoms with Crippen LogP contribution in [0.2, 0.25) is 0 Å². The van der Waals surface area contributed by atoms with Gasteiger partial charge in [-0.1, -0.05) is 48.6 Å². The van der Waals surface area contributed by atoms with Crippen molar-refractivity contribution in [2.45, 2.75) is 43.8 Å². The first kappa shape index (κ1) is 21.2. The van der Waals surface area contributed by atoms with Crippen LogP contribution in [0.4, 0.5) is 4.39 Å². The molecule has 1 aliphatic carbocycles. The number of aliphatic hydroxyl groups excluding tert-OH is 2. The fraction of sp³-hybridized carbons (Fsp3) is 0.280. The number of halogens is 1. The molecule has 0 unspecified atom stereocenters. The van der Waals surface area contributed by atoms with Gasteiger partial charge in [0.05, 0.1) is 29.8 Å². The second kappa shape index (κ2) is 8.96. The van der Waals surface area contributed by atoms with Gasteiger partial charge in [-0.3, -0.25) is 9.78 Å². The topological polar surface area (TPSA) is 90.7 Å². The maximum absolute atomic E-state index is 14.8. The van der Waals surface area contributed by atoms with Crippen molar-refractivity contribution >= 4 is 22.9 Å². The quantitative estimate of drug-likeness (QED) is 0.498. The molecular formula is C25H24FNO4. The molecule has 0 saturated heterocycles. The van der Waals surface area contributed by atoms with E-state index in [4.69, 9.17) is 10.1 Å². The van der Waals surface area contributed by atoms with Crippen LogP contribution in [-0.4, -0.2) is 38.5 Å². The monoisotopic (exact) mass is 421 g/mol. The maximum atomic E-state index is 14.8. The summed E-state index contributed by atoms with van der Waals surface area (Å²) in [5.41, 5.74) is 3.59. The number of aromatic nitrogens is 1. The lowest BCUT2D eigenvalue weighted by Gasteiger charge is -2.17. The zero-order valence-corrected chi connectivity index (χ0v) is 16.9. The number of aliphatic carboxylic acids is 1. The van der Waals surface area contributed by atoms with Gasteiger partial charge in [-0.25, -0.2) is 4.39 Å². The SMILES string of the molecule is O=C(O)C[C@H](O)C[C@H](O)/C=C/c1c(C2CC2)nc2ccccc2c1-c1ccccc1F. The molecule has 1 fully saturated rings. The Kier molecular flexibility index (Phi) is 6.11. The van der Waals surface area contributed by atoms with E-state index in [2.05, 4.69) is 0 Å². The molecule has 0 aliphatic heterocycles. The minimum absolute atomic E-state index is 0.0996. The third-order valence-electron chi connectivity index (χ3n) is 5.48. The van der Waals surface area contributed by atoms with E-state index in [0.717, 1.165) is 40.6 Å². The van der Waals surface area contributed by atoms with E-state index < -0.39 is 24.6 Å². The molecular weight excluding hydrogens is 397 g/mol. The van der Waals surface area contributed by atoms with E-state index in [1.165, 1.54) is 12.1 Å². The van der Waals surface area contributed by atoms with Crippen molar-refractivity contribution in [3.05, 3.63) is 71.7 Å². The average molecular weight is 421 g/mol. The number of pyridine rings is 1. The molecule has 5 nitrogen and oxygen atoms in total. The Morgan fingerprint density at radius 2 is 1.84 bits per heavy atom. The number of aliphatic hydroxyl groups is 2. The summed E-state index contributed by atoms with van der Waals surface area (Å²) in [6.45, 7) is 0. The Balaban J connectivity index is 1.81. The van der Waals surface area contributed by atoms with E-state index in [0.29, 0.717) is 5.56 Å². The van der Waals surface area contributed by atoms with Crippen LogP contribution >= 0.6 is 0 Å². The van der Waals surface area contributed by atoms with Crippen molar-refractivity contribution in [2.75, 3.05) is 0 Å². The Bertz CT molecular complexity index is 1140. The fourth-order valence-corrected chi connectivity index (χ4v) is 3.89. The third-order valence-corrected chi connectivity index (χ3v) is 5.48. The third kappa shape index (κ3) is 4.81. The van der Waals surface area contributed by atoms with Crippen molar-refractivity contribution in [3.8, 4) is 11.1 Å². The van der Waals surface area contributed by atoms with Crippen LogP contribution in [0.1, 0.15) is 42.9 Å². The van der Waals surface area contributed by atoms with Gasteiger partial charge in [0.25, 0.3) is 0 Å². The molecule has 3 N–H and O–H groups in total. The number of fused-ring (bicyclic) bond motifs is 1. The number of carboxylic acids is 1. The van der Waals surface area contributed by atoms with Crippen LogP contribution in [0.25, 0.3) is 28.1 Å². The maximum Gasteiger partial charge on any atom is 0.305 e. The second-order valence-corrected chi connectivity index (χ2v) is 7.97. The normalized spacial score (nSPS) is 16.0. The molecule has 3 aromatic rings.